The number of unbranched alkanes of at least 4 members (excludes halogenated alkanes) is 27. The Balaban J connectivity index is 5.24. The summed E-state index contributed by atoms with van der Waals surface area (Å²) in [6.45, 7) is 13.9. The van der Waals surface area contributed by atoms with Crippen molar-refractivity contribution in [2.24, 2.45) is 23.7 Å². The van der Waals surface area contributed by atoms with E-state index in [0.717, 1.165) is 115 Å². The number of esters is 4. The van der Waals surface area contributed by atoms with E-state index in [9.17, 15) is 43.2 Å². The van der Waals surface area contributed by atoms with Crippen LogP contribution in [0.1, 0.15) is 306 Å². The maximum absolute atomic E-state index is 13.0. The van der Waals surface area contributed by atoms with Crippen molar-refractivity contribution in [2.75, 3.05) is 39.6 Å². The van der Waals surface area contributed by atoms with Gasteiger partial charge in [-0.25, -0.2) is 9.13 Å². The molecule has 0 saturated carbocycles. The lowest BCUT2D eigenvalue weighted by Crippen LogP contribution is -2.30. The van der Waals surface area contributed by atoms with E-state index in [4.69, 9.17) is 37.0 Å². The molecule has 0 aromatic heterocycles. The van der Waals surface area contributed by atoms with E-state index in [1.807, 2.05) is 0 Å². The van der Waals surface area contributed by atoms with Crippen LogP contribution in [0.5, 0.6) is 0 Å². The minimum absolute atomic E-state index is 0.103. The van der Waals surface area contributed by atoms with Crippen molar-refractivity contribution >= 4 is 39.5 Å². The molecule has 0 amide bonds. The number of hydrogen-bond acceptors (Lipinski definition) is 15. The molecule has 0 radical (unpaired) electrons. The lowest BCUT2D eigenvalue weighted by molar-refractivity contribution is -0.161. The third-order valence-electron chi connectivity index (χ3n) is 14.6. The SMILES string of the molecule is CC(C)CCCCCCCCCCCCCC(=O)O[C@H](COC(=O)CCCCCCCCC(C)C)COP(=O)(O)OC[C@H](O)COP(=O)(O)OC[C@@H](COC(=O)CCCCCCCCC(C)C)OC(=O)CCCCCCCCCCC(C)C. The van der Waals surface area contributed by atoms with Crippen LogP contribution in [0.4, 0.5) is 0 Å². The zero-order valence-corrected chi connectivity index (χ0v) is 55.6. The molecule has 0 saturated heterocycles. The highest BCUT2D eigenvalue weighted by Crippen LogP contribution is 2.45. The Morgan fingerprint density at radius 2 is 0.506 bits per heavy atom. The molecule has 0 aliphatic rings. The molecule has 17 nitrogen and oxygen atoms in total. The molecule has 0 rings (SSSR count). The Bertz CT molecular complexity index is 1660. The molecule has 0 heterocycles. The van der Waals surface area contributed by atoms with Crippen LogP contribution in [0.25, 0.3) is 0 Å². The molecule has 0 bridgehead atoms. The molecule has 0 aliphatic heterocycles. The Morgan fingerprint density at radius 3 is 0.747 bits per heavy atom. The molecular weight excluding hydrogens is 1100 g/mol. The summed E-state index contributed by atoms with van der Waals surface area (Å²) in [6, 6.07) is 0. The van der Waals surface area contributed by atoms with Crippen LogP contribution in [0.15, 0.2) is 0 Å². The first kappa shape index (κ1) is 81.1. The van der Waals surface area contributed by atoms with Crippen molar-refractivity contribution in [1.29, 1.82) is 0 Å². The minimum atomic E-state index is -4.94. The van der Waals surface area contributed by atoms with Crippen LogP contribution in [-0.2, 0) is 65.4 Å². The van der Waals surface area contributed by atoms with Gasteiger partial charge < -0.3 is 33.8 Å². The molecule has 2 unspecified atom stereocenters. The van der Waals surface area contributed by atoms with Gasteiger partial charge in [0.25, 0.3) is 0 Å². The molecule has 3 N–H and O–H groups in total. The first-order chi connectivity index (χ1) is 39.6. The van der Waals surface area contributed by atoms with Gasteiger partial charge >= 0.3 is 39.5 Å². The number of ether oxygens (including phenoxy) is 4. The molecule has 0 aromatic carbocycles. The van der Waals surface area contributed by atoms with Crippen LogP contribution in [-0.4, -0.2) is 96.7 Å². The van der Waals surface area contributed by atoms with Crippen molar-refractivity contribution in [3.05, 3.63) is 0 Å². The van der Waals surface area contributed by atoms with E-state index in [1.54, 1.807) is 0 Å². The largest absolute Gasteiger partial charge is 0.472 e. The van der Waals surface area contributed by atoms with Gasteiger partial charge in [-0.05, 0) is 49.4 Å². The zero-order valence-electron chi connectivity index (χ0n) is 53.8. The van der Waals surface area contributed by atoms with Crippen LogP contribution in [0.2, 0.25) is 0 Å². The molecule has 492 valence electrons. The van der Waals surface area contributed by atoms with E-state index in [-0.39, 0.29) is 25.7 Å². The quantitative estimate of drug-likeness (QED) is 0.0222. The molecular formula is C64H124O17P2. The van der Waals surface area contributed by atoms with Crippen LogP contribution >= 0.6 is 15.6 Å². The van der Waals surface area contributed by atoms with Gasteiger partial charge in [0.15, 0.2) is 12.2 Å². The Kier molecular flexibility index (Phi) is 53.0. The number of aliphatic hydroxyl groups excluding tert-OH is 1. The van der Waals surface area contributed by atoms with Crippen molar-refractivity contribution in [3.8, 4) is 0 Å². The highest BCUT2D eigenvalue weighted by atomic mass is 31.2. The van der Waals surface area contributed by atoms with Gasteiger partial charge in [0.1, 0.15) is 19.3 Å². The number of carbonyl (C=O) groups is 4. The third kappa shape index (κ3) is 58.8. The maximum atomic E-state index is 13.0. The second-order valence-electron chi connectivity index (χ2n) is 25.1. The van der Waals surface area contributed by atoms with E-state index >= 15 is 0 Å². The predicted octanol–water partition coefficient (Wildman–Crippen LogP) is 17.4. The van der Waals surface area contributed by atoms with Crippen molar-refractivity contribution < 1.29 is 80.2 Å². The lowest BCUT2D eigenvalue weighted by atomic mass is 10.0. The molecule has 83 heavy (non-hydrogen) atoms. The summed E-state index contributed by atoms with van der Waals surface area (Å²) in [6.07, 6.45) is 33.8. The van der Waals surface area contributed by atoms with Gasteiger partial charge in [0.05, 0.1) is 26.4 Å². The van der Waals surface area contributed by atoms with E-state index < -0.39 is 97.5 Å². The Hall–Kier alpha value is -1.94. The number of phosphoric ester groups is 2. The van der Waals surface area contributed by atoms with Crippen molar-refractivity contribution in [3.63, 3.8) is 0 Å². The average molecular weight is 1230 g/mol. The topological polar surface area (TPSA) is 237 Å². The summed E-state index contributed by atoms with van der Waals surface area (Å²) in [5.74, 6) is 0.700. The lowest BCUT2D eigenvalue weighted by Gasteiger charge is -2.21. The minimum Gasteiger partial charge on any atom is -0.462 e. The molecule has 0 aromatic rings. The summed E-state index contributed by atoms with van der Waals surface area (Å²) in [5, 5.41) is 10.5. The third-order valence-corrected chi connectivity index (χ3v) is 16.5. The fraction of sp³-hybridized carbons (Fsp3) is 0.938. The van der Waals surface area contributed by atoms with Gasteiger partial charge in [-0.3, -0.25) is 37.3 Å². The summed E-state index contributed by atoms with van der Waals surface area (Å²) in [5.41, 5.74) is 0. The van der Waals surface area contributed by atoms with E-state index in [0.29, 0.717) is 37.5 Å². The van der Waals surface area contributed by atoms with Crippen molar-refractivity contribution in [1.82, 2.24) is 0 Å². The number of aliphatic hydroxyl groups is 1. The summed E-state index contributed by atoms with van der Waals surface area (Å²) >= 11 is 0. The van der Waals surface area contributed by atoms with Gasteiger partial charge in [-0.1, -0.05) is 254 Å². The first-order valence-electron chi connectivity index (χ1n) is 33.2. The number of rotatable bonds is 61. The molecule has 5 atom stereocenters. The fourth-order valence-electron chi connectivity index (χ4n) is 9.43. The Labute approximate surface area is 505 Å². The smallest absolute Gasteiger partial charge is 0.462 e. The predicted molar refractivity (Wildman–Crippen MR) is 331 cm³/mol. The summed E-state index contributed by atoms with van der Waals surface area (Å²) < 4.78 is 67.9. The van der Waals surface area contributed by atoms with E-state index in [1.165, 1.54) is 96.3 Å². The van der Waals surface area contributed by atoms with Gasteiger partial charge in [0.2, 0.25) is 0 Å². The highest BCUT2D eigenvalue weighted by molar-refractivity contribution is 7.47. The first-order valence-corrected chi connectivity index (χ1v) is 36.2. The highest BCUT2D eigenvalue weighted by Gasteiger charge is 2.30. The molecule has 0 fully saturated rings. The van der Waals surface area contributed by atoms with Gasteiger partial charge in [0, 0.05) is 25.7 Å². The van der Waals surface area contributed by atoms with Gasteiger partial charge in [-0.15, -0.1) is 0 Å². The summed E-state index contributed by atoms with van der Waals surface area (Å²) in [7, 11) is -9.89. The number of phosphoric acid groups is 2. The molecule has 0 aliphatic carbocycles. The average Bonchev–Trinajstić information content (AvgIpc) is 3.42. The zero-order chi connectivity index (χ0) is 61.8. The number of hydrogen-bond donors (Lipinski definition) is 3. The van der Waals surface area contributed by atoms with Crippen LogP contribution < -0.4 is 0 Å². The monoisotopic (exact) mass is 1230 g/mol. The Morgan fingerprint density at radius 1 is 0.301 bits per heavy atom. The van der Waals surface area contributed by atoms with E-state index in [2.05, 4.69) is 55.4 Å². The normalized spacial score (nSPS) is 14.4. The second-order valence-corrected chi connectivity index (χ2v) is 28.0. The molecule has 19 heteroatoms. The number of carbonyl (C=O) groups excluding carboxylic acids is 4. The molecule has 0 spiro atoms. The van der Waals surface area contributed by atoms with Crippen LogP contribution in [0, 0.1) is 23.7 Å². The second kappa shape index (κ2) is 54.2. The van der Waals surface area contributed by atoms with Crippen LogP contribution in [0.3, 0.4) is 0 Å². The summed E-state index contributed by atoms with van der Waals surface area (Å²) in [4.78, 5) is 72.2. The standard InChI is InChI=1S/C64H124O17P2/c1-54(2)40-32-24-16-12-10-9-11-13-18-30-38-46-63(68)80-59(50-74-61(66)44-36-28-22-20-26-34-42-56(5)6)52-78-82(70,71)76-48-58(65)49-77-83(72,73)79-53-60(51-75-62(67)45-37-29-23-21-27-35-43-57(7)8)81-64(69)47-39-31-19-15-14-17-25-33-41-55(3)4/h54-60,65H,9-53H2,1-8H3,(H,70,71)(H,72,73)/t58-,59+,60+/m0/s1. The fourth-order valence-corrected chi connectivity index (χ4v) is 11.0. The maximum Gasteiger partial charge on any atom is 0.472 e. The van der Waals surface area contributed by atoms with Gasteiger partial charge in [-0.2, -0.15) is 0 Å². The van der Waals surface area contributed by atoms with Crippen molar-refractivity contribution in [2.45, 2.75) is 324 Å².